The highest BCUT2D eigenvalue weighted by Crippen LogP contribution is 2.30. The van der Waals surface area contributed by atoms with E-state index in [9.17, 15) is 8.78 Å². The summed E-state index contributed by atoms with van der Waals surface area (Å²) in [6, 6.07) is 15.5. The second kappa shape index (κ2) is 7.94. The van der Waals surface area contributed by atoms with Gasteiger partial charge in [0.1, 0.15) is 0 Å². The second-order valence-corrected chi connectivity index (χ2v) is 7.12. The Balaban J connectivity index is 1.60. The van der Waals surface area contributed by atoms with Crippen LogP contribution in [0, 0.1) is 0 Å². The first-order valence-electron chi connectivity index (χ1n) is 7.82. The van der Waals surface area contributed by atoms with Gasteiger partial charge in [-0.2, -0.15) is 8.78 Å². The number of benzene rings is 2. The van der Waals surface area contributed by atoms with Gasteiger partial charge in [0.05, 0.1) is 6.04 Å². The van der Waals surface area contributed by atoms with Crippen LogP contribution >= 0.6 is 24.0 Å². The molecule has 0 saturated carbocycles. The van der Waals surface area contributed by atoms with Crippen LogP contribution in [0.15, 0.2) is 53.4 Å². The van der Waals surface area contributed by atoms with Gasteiger partial charge >= 0.3 is 0 Å². The lowest BCUT2D eigenvalue weighted by Gasteiger charge is -2.27. The van der Waals surface area contributed by atoms with Crippen LogP contribution < -0.4 is 10.6 Å². The fraction of sp³-hybridized carbons (Fsp3) is 0.278. The van der Waals surface area contributed by atoms with E-state index in [-0.39, 0.29) is 6.04 Å². The molecule has 1 aliphatic carbocycles. The summed E-state index contributed by atoms with van der Waals surface area (Å²) in [5, 5.41) is 7.04. The molecular weight excluding hydrogens is 346 g/mol. The van der Waals surface area contributed by atoms with Crippen LogP contribution in [0.2, 0.25) is 0 Å². The van der Waals surface area contributed by atoms with Crippen molar-refractivity contribution in [3.8, 4) is 0 Å². The largest absolute Gasteiger partial charge is 0.356 e. The number of hydrogen-bond acceptors (Lipinski definition) is 2. The molecule has 24 heavy (non-hydrogen) atoms. The normalized spacial score (nSPS) is 16.5. The number of fused-ring (bicyclic) bond motifs is 1. The molecule has 0 saturated heterocycles. The van der Waals surface area contributed by atoms with E-state index >= 15 is 0 Å². The van der Waals surface area contributed by atoms with Gasteiger partial charge in [-0.3, -0.25) is 0 Å². The van der Waals surface area contributed by atoms with Crippen LogP contribution in [0.5, 0.6) is 0 Å². The summed E-state index contributed by atoms with van der Waals surface area (Å²) in [7, 11) is 0. The SMILES string of the molecule is FC(F)Sc1ccc(NC(=S)N[C@@H]2CCCc3ccccc32)cc1. The third-order valence-corrected chi connectivity index (χ3v) is 4.95. The first-order valence-corrected chi connectivity index (χ1v) is 9.11. The smallest absolute Gasteiger partial charge is 0.288 e. The number of halogens is 2. The van der Waals surface area contributed by atoms with E-state index in [2.05, 4.69) is 34.9 Å². The molecule has 0 aromatic heterocycles. The van der Waals surface area contributed by atoms with E-state index in [1.165, 1.54) is 11.1 Å². The van der Waals surface area contributed by atoms with Gasteiger partial charge in [0.25, 0.3) is 5.76 Å². The standard InChI is InChI=1S/C18H18F2N2S2/c19-17(20)24-14-10-8-13(9-11-14)21-18(23)22-16-7-3-5-12-4-1-2-6-15(12)16/h1-2,4,6,8-11,16-17H,3,5,7H2,(H2,21,22,23)/t16-/m1/s1. The number of alkyl halides is 2. The molecule has 0 amide bonds. The summed E-state index contributed by atoms with van der Waals surface area (Å²) in [4.78, 5) is 0.538. The van der Waals surface area contributed by atoms with Crippen molar-refractivity contribution in [1.82, 2.24) is 5.32 Å². The van der Waals surface area contributed by atoms with Gasteiger partial charge in [0.2, 0.25) is 0 Å². The third kappa shape index (κ3) is 4.45. The molecule has 3 rings (SSSR count). The average Bonchev–Trinajstić information content (AvgIpc) is 2.56. The lowest BCUT2D eigenvalue weighted by Crippen LogP contribution is -2.34. The molecule has 2 aromatic rings. The van der Waals surface area contributed by atoms with E-state index in [1.54, 1.807) is 24.3 Å². The lowest BCUT2D eigenvalue weighted by atomic mass is 9.88. The molecule has 2 N–H and O–H groups in total. The number of nitrogens with one attached hydrogen (secondary N) is 2. The van der Waals surface area contributed by atoms with E-state index < -0.39 is 5.76 Å². The molecule has 0 unspecified atom stereocenters. The molecule has 6 heteroatoms. The van der Waals surface area contributed by atoms with Gasteiger partial charge in [-0.25, -0.2) is 0 Å². The topological polar surface area (TPSA) is 24.1 Å². The van der Waals surface area contributed by atoms with Crippen LogP contribution in [0.4, 0.5) is 14.5 Å². The first-order chi connectivity index (χ1) is 11.6. The Morgan fingerprint density at radius 3 is 2.62 bits per heavy atom. The van der Waals surface area contributed by atoms with Crippen molar-refractivity contribution in [2.45, 2.75) is 36.0 Å². The number of thioether (sulfide) groups is 1. The van der Waals surface area contributed by atoms with Crippen LogP contribution in [0.25, 0.3) is 0 Å². The van der Waals surface area contributed by atoms with Crippen molar-refractivity contribution in [2.24, 2.45) is 0 Å². The Kier molecular flexibility index (Phi) is 5.68. The Hall–Kier alpha value is -1.66. The van der Waals surface area contributed by atoms with Crippen molar-refractivity contribution >= 4 is 34.8 Å². The van der Waals surface area contributed by atoms with Crippen LogP contribution in [-0.2, 0) is 6.42 Å². The van der Waals surface area contributed by atoms with Gasteiger partial charge in [0.15, 0.2) is 5.11 Å². The van der Waals surface area contributed by atoms with E-state index in [0.717, 1.165) is 24.9 Å². The summed E-state index contributed by atoms with van der Waals surface area (Å²) < 4.78 is 24.7. The Morgan fingerprint density at radius 1 is 1.12 bits per heavy atom. The summed E-state index contributed by atoms with van der Waals surface area (Å²) in [6.45, 7) is 0. The molecule has 2 nitrogen and oxygen atoms in total. The number of rotatable bonds is 4. The molecule has 0 bridgehead atoms. The molecular formula is C18H18F2N2S2. The number of hydrogen-bond donors (Lipinski definition) is 2. The van der Waals surface area contributed by atoms with E-state index in [4.69, 9.17) is 12.2 Å². The fourth-order valence-electron chi connectivity index (χ4n) is 2.95. The zero-order valence-electron chi connectivity index (χ0n) is 13.0. The molecule has 0 spiro atoms. The maximum Gasteiger partial charge on any atom is 0.288 e. The minimum absolute atomic E-state index is 0.212. The summed E-state index contributed by atoms with van der Waals surface area (Å²) in [5.74, 6) is -2.40. The van der Waals surface area contributed by atoms with Crippen LogP contribution in [0.3, 0.4) is 0 Å². The second-order valence-electron chi connectivity index (χ2n) is 5.64. The molecule has 126 valence electrons. The molecule has 2 aromatic carbocycles. The highest BCUT2D eigenvalue weighted by molar-refractivity contribution is 7.99. The minimum Gasteiger partial charge on any atom is -0.356 e. The fourth-order valence-corrected chi connectivity index (χ4v) is 3.71. The minimum atomic E-state index is -2.40. The molecule has 1 aliphatic rings. The van der Waals surface area contributed by atoms with Gasteiger partial charge in [0, 0.05) is 10.6 Å². The number of aryl methyl sites for hydroxylation is 1. The number of anilines is 1. The average molecular weight is 364 g/mol. The Labute approximate surface area is 150 Å². The quantitative estimate of drug-likeness (QED) is 0.563. The van der Waals surface area contributed by atoms with Gasteiger partial charge in [-0.1, -0.05) is 36.0 Å². The number of thiocarbonyl (C=S) groups is 1. The highest BCUT2D eigenvalue weighted by Gasteiger charge is 2.20. The van der Waals surface area contributed by atoms with Gasteiger partial charge in [-0.15, -0.1) is 0 Å². The maximum atomic E-state index is 12.3. The van der Waals surface area contributed by atoms with Crippen molar-refractivity contribution in [3.63, 3.8) is 0 Å². The highest BCUT2D eigenvalue weighted by atomic mass is 32.2. The van der Waals surface area contributed by atoms with E-state index in [0.29, 0.717) is 21.8 Å². The zero-order chi connectivity index (χ0) is 16.9. The maximum absolute atomic E-state index is 12.3. The van der Waals surface area contributed by atoms with Crippen LogP contribution in [0.1, 0.15) is 30.0 Å². The van der Waals surface area contributed by atoms with Crippen LogP contribution in [-0.4, -0.2) is 10.9 Å². The molecule has 0 aliphatic heterocycles. The zero-order valence-corrected chi connectivity index (χ0v) is 14.6. The molecule has 0 radical (unpaired) electrons. The van der Waals surface area contributed by atoms with Crippen molar-refractivity contribution in [2.75, 3.05) is 5.32 Å². The summed E-state index contributed by atoms with van der Waals surface area (Å²) in [5.41, 5.74) is 3.46. The van der Waals surface area contributed by atoms with Gasteiger partial charge < -0.3 is 10.6 Å². The Morgan fingerprint density at radius 2 is 1.88 bits per heavy atom. The predicted octanol–water partition coefficient (Wildman–Crippen LogP) is 5.37. The predicted molar refractivity (Wildman–Crippen MR) is 99.8 cm³/mol. The molecule has 1 atom stereocenters. The summed E-state index contributed by atoms with van der Waals surface area (Å²) in [6.07, 6.45) is 3.29. The first kappa shape index (κ1) is 17.2. The van der Waals surface area contributed by atoms with E-state index in [1.807, 2.05) is 0 Å². The third-order valence-electron chi connectivity index (χ3n) is 4.01. The lowest BCUT2D eigenvalue weighted by molar-refractivity contribution is 0.252. The van der Waals surface area contributed by atoms with Crippen molar-refractivity contribution in [1.29, 1.82) is 0 Å². The van der Waals surface area contributed by atoms with Gasteiger partial charge in [-0.05, 0) is 66.9 Å². The monoisotopic (exact) mass is 364 g/mol. The van der Waals surface area contributed by atoms with Crippen molar-refractivity contribution in [3.05, 3.63) is 59.7 Å². The Bertz CT molecular complexity index is 704. The molecule has 0 heterocycles. The molecule has 0 fully saturated rings. The summed E-state index contributed by atoms with van der Waals surface area (Å²) >= 11 is 5.94. The van der Waals surface area contributed by atoms with Crippen molar-refractivity contribution < 1.29 is 8.78 Å².